The van der Waals surface area contributed by atoms with Gasteiger partial charge in [0.05, 0.1) is 16.3 Å². The molecule has 0 atom stereocenters. The van der Waals surface area contributed by atoms with E-state index in [0.717, 1.165) is 11.4 Å². The first-order valence-electron chi connectivity index (χ1n) is 7.40. The van der Waals surface area contributed by atoms with E-state index in [1.54, 1.807) is 0 Å². The molecule has 3 aromatic carbocycles. The van der Waals surface area contributed by atoms with Crippen molar-refractivity contribution in [1.82, 2.24) is 0 Å². The van der Waals surface area contributed by atoms with E-state index in [9.17, 15) is 13.0 Å². The van der Waals surface area contributed by atoms with Gasteiger partial charge in [-0.15, -0.1) is 0 Å². The maximum atomic E-state index is 10.9. The molecule has 0 aromatic heterocycles. The van der Waals surface area contributed by atoms with Crippen LogP contribution in [0.1, 0.15) is 0 Å². The molecule has 0 aliphatic carbocycles. The van der Waals surface area contributed by atoms with Gasteiger partial charge in [-0.25, -0.2) is 8.42 Å². The second kappa shape index (κ2) is 9.52. The molecule has 0 bridgehead atoms. The Morgan fingerprint density at radius 3 is 1.65 bits per heavy atom. The van der Waals surface area contributed by atoms with E-state index in [0.29, 0.717) is 11.4 Å². The summed E-state index contributed by atoms with van der Waals surface area (Å²) >= 11 is 0. The van der Waals surface area contributed by atoms with Crippen molar-refractivity contribution in [1.29, 1.82) is 0 Å². The number of rotatable bonds is 5. The molecule has 0 spiro atoms. The molecule has 0 aliphatic heterocycles. The zero-order valence-corrected chi connectivity index (χ0v) is 18.0. The topological polar surface area (TPSA) is 94.0 Å². The van der Waals surface area contributed by atoms with Crippen molar-refractivity contribution in [3.63, 3.8) is 0 Å². The number of nitrogens with one attached hydrogen (secondary N) is 1. The third-order valence-corrected chi connectivity index (χ3v) is 4.19. The van der Waals surface area contributed by atoms with Gasteiger partial charge in [-0.1, -0.05) is 18.2 Å². The molecule has 26 heavy (non-hydrogen) atoms. The normalized spacial score (nSPS) is 11.1. The molecule has 8 heteroatoms. The summed E-state index contributed by atoms with van der Waals surface area (Å²) in [5.41, 5.74) is 3.03. The monoisotopic (exact) mass is 391 g/mol. The van der Waals surface area contributed by atoms with E-state index in [1.807, 2.05) is 54.6 Å². The Bertz CT molecular complexity index is 974. The molecule has 3 rings (SSSR count). The summed E-state index contributed by atoms with van der Waals surface area (Å²) in [7, 11) is -4.45. The van der Waals surface area contributed by atoms with Gasteiger partial charge >= 0.3 is 51.4 Å². The largest absolute Gasteiger partial charge is 1.00 e. The third kappa shape index (κ3) is 6.10. The Labute approximate surface area is 194 Å². The summed E-state index contributed by atoms with van der Waals surface area (Å²) in [6, 6.07) is 22.5. The minimum Gasteiger partial charge on any atom is -0.744 e. The van der Waals surface area contributed by atoms with Crippen LogP contribution < -0.4 is 56.7 Å². The molecule has 0 amide bonds. The summed E-state index contributed by atoms with van der Waals surface area (Å²) in [6.07, 6.45) is 0. The Hall–Kier alpha value is -1.39. The van der Waals surface area contributed by atoms with E-state index in [4.69, 9.17) is 0 Å². The minimum atomic E-state index is -4.45. The van der Waals surface area contributed by atoms with Crippen molar-refractivity contribution >= 4 is 32.9 Å². The van der Waals surface area contributed by atoms with Gasteiger partial charge in [0.2, 0.25) is 0 Å². The molecule has 3 aromatic rings. The van der Waals surface area contributed by atoms with Gasteiger partial charge in [-0.2, -0.15) is 10.2 Å². The van der Waals surface area contributed by atoms with Gasteiger partial charge in [-0.05, 0) is 60.7 Å². The second-order valence-corrected chi connectivity index (χ2v) is 6.57. The second-order valence-electron chi connectivity index (χ2n) is 5.19. The predicted molar refractivity (Wildman–Crippen MR) is 94.7 cm³/mol. The number of benzene rings is 3. The molecular weight excluding hydrogens is 377 g/mol. The van der Waals surface area contributed by atoms with Crippen LogP contribution in [0, 0.1) is 0 Å². The molecule has 0 saturated heterocycles. The standard InChI is InChI=1S/C18H15N3O3S.K/c22-25(23,24)18-12-10-17(11-13-18)21-20-16-8-6-15(7-9-16)19-14-4-2-1-3-5-14;/h1-13,19H,(H,22,23,24);/q;+1/p-1. The molecule has 0 radical (unpaired) electrons. The summed E-state index contributed by atoms with van der Waals surface area (Å²) in [4.78, 5) is -0.289. The average Bonchev–Trinajstić information content (AvgIpc) is 2.62. The molecular formula is C18H14KN3O3S. The van der Waals surface area contributed by atoms with Crippen LogP contribution in [0.15, 0.2) is 94.0 Å². The third-order valence-electron chi connectivity index (χ3n) is 3.34. The Morgan fingerprint density at radius 1 is 0.692 bits per heavy atom. The molecule has 0 unspecified atom stereocenters. The van der Waals surface area contributed by atoms with Crippen LogP contribution in [-0.4, -0.2) is 13.0 Å². The van der Waals surface area contributed by atoms with Crippen molar-refractivity contribution in [2.75, 3.05) is 5.32 Å². The number of hydrogen-bond acceptors (Lipinski definition) is 6. The van der Waals surface area contributed by atoms with E-state index < -0.39 is 10.1 Å². The molecule has 0 aliphatic rings. The first-order chi connectivity index (χ1) is 12.0. The predicted octanol–water partition coefficient (Wildman–Crippen LogP) is 1.75. The fourth-order valence-electron chi connectivity index (χ4n) is 2.09. The smallest absolute Gasteiger partial charge is 0.744 e. The van der Waals surface area contributed by atoms with Gasteiger partial charge in [-0.3, -0.25) is 0 Å². The molecule has 6 nitrogen and oxygen atoms in total. The summed E-state index contributed by atoms with van der Waals surface area (Å²) in [5, 5.41) is 11.4. The van der Waals surface area contributed by atoms with Crippen LogP contribution in [0.4, 0.5) is 22.7 Å². The van der Waals surface area contributed by atoms with Crippen LogP contribution >= 0.6 is 0 Å². The van der Waals surface area contributed by atoms with Crippen molar-refractivity contribution in [3.05, 3.63) is 78.9 Å². The Balaban J connectivity index is 0.00000243. The van der Waals surface area contributed by atoms with Crippen molar-refractivity contribution in [2.24, 2.45) is 10.2 Å². The quantitative estimate of drug-likeness (QED) is 0.407. The van der Waals surface area contributed by atoms with Gasteiger partial charge in [0, 0.05) is 11.4 Å². The van der Waals surface area contributed by atoms with Crippen LogP contribution in [0.25, 0.3) is 0 Å². The van der Waals surface area contributed by atoms with Gasteiger partial charge < -0.3 is 9.87 Å². The van der Waals surface area contributed by atoms with Crippen molar-refractivity contribution < 1.29 is 64.4 Å². The first-order valence-corrected chi connectivity index (χ1v) is 8.81. The Morgan fingerprint density at radius 2 is 1.15 bits per heavy atom. The van der Waals surface area contributed by atoms with Crippen LogP contribution in [0.5, 0.6) is 0 Å². The first kappa shape index (κ1) is 20.9. The number of azo groups is 1. The van der Waals surface area contributed by atoms with Crippen molar-refractivity contribution in [2.45, 2.75) is 4.90 Å². The zero-order chi connectivity index (χ0) is 17.7. The fourth-order valence-corrected chi connectivity index (χ4v) is 2.56. The number of anilines is 2. The molecule has 0 fully saturated rings. The van der Waals surface area contributed by atoms with Gasteiger partial charge in [0.25, 0.3) is 0 Å². The van der Waals surface area contributed by atoms with E-state index in [1.165, 1.54) is 24.3 Å². The number of nitrogens with zero attached hydrogens (tertiary/aromatic N) is 2. The SMILES string of the molecule is O=S(=O)([O-])c1ccc(N=Nc2ccc(Nc3ccccc3)cc2)cc1.[K+]. The fraction of sp³-hybridized carbons (Fsp3) is 0. The van der Waals surface area contributed by atoms with Crippen molar-refractivity contribution in [3.8, 4) is 0 Å². The van der Waals surface area contributed by atoms with Crippen LogP contribution in [0.2, 0.25) is 0 Å². The summed E-state index contributed by atoms with van der Waals surface area (Å²) in [6.45, 7) is 0. The van der Waals surface area contributed by atoms with E-state index >= 15 is 0 Å². The van der Waals surface area contributed by atoms with Crippen LogP contribution in [0.3, 0.4) is 0 Å². The Kier molecular flexibility index (Phi) is 7.65. The molecule has 0 saturated carbocycles. The summed E-state index contributed by atoms with van der Waals surface area (Å²) in [5.74, 6) is 0. The molecule has 0 heterocycles. The maximum Gasteiger partial charge on any atom is 1.00 e. The average molecular weight is 391 g/mol. The molecule has 126 valence electrons. The number of hydrogen-bond donors (Lipinski definition) is 1. The van der Waals surface area contributed by atoms with Crippen LogP contribution in [-0.2, 0) is 10.1 Å². The van der Waals surface area contributed by atoms with E-state index in [2.05, 4.69) is 15.5 Å². The van der Waals surface area contributed by atoms with E-state index in [-0.39, 0.29) is 56.3 Å². The maximum absolute atomic E-state index is 10.9. The molecule has 1 N–H and O–H groups in total. The minimum absolute atomic E-state index is 0. The zero-order valence-electron chi connectivity index (χ0n) is 14.0. The summed E-state index contributed by atoms with van der Waals surface area (Å²) < 4.78 is 32.6. The van der Waals surface area contributed by atoms with Gasteiger partial charge in [0.1, 0.15) is 10.1 Å². The number of para-hydroxylation sites is 1. The van der Waals surface area contributed by atoms with Gasteiger partial charge in [0.15, 0.2) is 0 Å².